The van der Waals surface area contributed by atoms with Gasteiger partial charge < -0.3 is 15.8 Å². The van der Waals surface area contributed by atoms with Crippen molar-refractivity contribution in [3.05, 3.63) is 29.8 Å². The molecule has 0 aromatic heterocycles. The fraction of sp³-hybridized carbons (Fsp3) is 0.562. The number of nitrogens with two attached hydrogens (primary N) is 1. The third-order valence-electron chi connectivity index (χ3n) is 4.31. The summed E-state index contributed by atoms with van der Waals surface area (Å²) in [6, 6.07) is 7.54. The second kappa shape index (κ2) is 6.27. The number of rotatable bonds is 7. The Morgan fingerprint density at radius 2 is 2.10 bits per heavy atom. The Balaban J connectivity index is 1.78. The SMILES string of the molecule is CC(C)C1(CNC(=O)COc2ccccc2CN)CC1. The van der Waals surface area contributed by atoms with E-state index in [0.717, 1.165) is 12.1 Å². The minimum Gasteiger partial charge on any atom is -0.483 e. The molecule has 0 spiro atoms. The second-order valence-electron chi connectivity index (χ2n) is 5.89. The number of amides is 1. The Morgan fingerprint density at radius 3 is 2.70 bits per heavy atom. The normalized spacial score (nSPS) is 16.0. The monoisotopic (exact) mass is 276 g/mol. The molecular formula is C16H24N2O2. The van der Waals surface area contributed by atoms with Gasteiger partial charge >= 0.3 is 0 Å². The Bertz CT molecular complexity index is 467. The minimum atomic E-state index is -0.0660. The van der Waals surface area contributed by atoms with Crippen LogP contribution in [0, 0.1) is 11.3 Å². The van der Waals surface area contributed by atoms with Crippen molar-refractivity contribution >= 4 is 5.91 Å². The maximum Gasteiger partial charge on any atom is 0.257 e. The number of benzene rings is 1. The molecule has 0 atom stereocenters. The lowest BCUT2D eigenvalue weighted by atomic mass is 9.92. The quantitative estimate of drug-likeness (QED) is 0.801. The van der Waals surface area contributed by atoms with Gasteiger partial charge in [-0.1, -0.05) is 32.0 Å². The molecule has 3 N–H and O–H groups in total. The molecule has 1 fully saturated rings. The maximum atomic E-state index is 11.8. The largest absolute Gasteiger partial charge is 0.483 e. The van der Waals surface area contributed by atoms with Crippen LogP contribution in [0.25, 0.3) is 0 Å². The Morgan fingerprint density at radius 1 is 1.40 bits per heavy atom. The molecule has 1 saturated carbocycles. The molecule has 4 nitrogen and oxygen atoms in total. The van der Waals surface area contributed by atoms with E-state index in [0.29, 0.717) is 23.6 Å². The van der Waals surface area contributed by atoms with Crippen LogP contribution in [0.5, 0.6) is 5.75 Å². The predicted molar refractivity (Wildman–Crippen MR) is 79.3 cm³/mol. The van der Waals surface area contributed by atoms with Gasteiger partial charge in [0, 0.05) is 18.7 Å². The van der Waals surface area contributed by atoms with Gasteiger partial charge in [-0.3, -0.25) is 4.79 Å². The van der Waals surface area contributed by atoms with Crippen molar-refractivity contribution in [2.45, 2.75) is 33.2 Å². The predicted octanol–water partition coefficient (Wildman–Crippen LogP) is 2.08. The lowest BCUT2D eigenvalue weighted by Crippen LogP contribution is -2.35. The molecule has 0 bridgehead atoms. The molecule has 0 saturated heterocycles. The second-order valence-corrected chi connectivity index (χ2v) is 5.89. The van der Waals surface area contributed by atoms with Crippen LogP contribution in [0.4, 0.5) is 0 Å². The van der Waals surface area contributed by atoms with E-state index in [1.807, 2.05) is 24.3 Å². The molecule has 0 aliphatic heterocycles. The smallest absolute Gasteiger partial charge is 0.257 e. The first-order chi connectivity index (χ1) is 9.57. The highest BCUT2D eigenvalue weighted by atomic mass is 16.5. The molecule has 2 rings (SSSR count). The third kappa shape index (κ3) is 3.51. The van der Waals surface area contributed by atoms with E-state index in [1.165, 1.54) is 12.8 Å². The summed E-state index contributed by atoms with van der Waals surface area (Å²) >= 11 is 0. The highest BCUT2D eigenvalue weighted by molar-refractivity contribution is 5.77. The van der Waals surface area contributed by atoms with Gasteiger partial charge in [0.2, 0.25) is 0 Å². The fourth-order valence-electron chi connectivity index (χ4n) is 2.40. The van der Waals surface area contributed by atoms with E-state index in [1.54, 1.807) is 0 Å². The van der Waals surface area contributed by atoms with Crippen molar-refractivity contribution in [2.24, 2.45) is 17.1 Å². The molecule has 110 valence electrons. The van der Waals surface area contributed by atoms with Crippen LogP contribution >= 0.6 is 0 Å². The number of carbonyl (C=O) groups is 1. The lowest BCUT2D eigenvalue weighted by molar-refractivity contribution is -0.123. The number of carbonyl (C=O) groups excluding carboxylic acids is 1. The molecule has 0 unspecified atom stereocenters. The highest BCUT2D eigenvalue weighted by Crippen LogP contribution is 2.51. The number of ether oxygens (including phenoxy) is 1. The first-order valence-electron chi connectivity index (χ1n) is 7.25. The van der Waals surface area contributed by atoms with Crippen LogP contribution in [0.1, 0.15) is 32.3 Å². The van der Waals surface area contributed by atoms with E-state index in [-0.39, 0.29) is 12.5 Å². The Labute approximate surface area is 120 Å². The average molecular weight is 276 g/mol. The van der Waals surface area contributed by atoms with Crippen LogP contribution in [0.3, 0.4) is 0 Å². The zero-order valence-electron chi connectivity index (χ0n) is 12.3. The van der Waals surface area contributed by atoms with Gasteiger partial charge in [0.15, 0.2) is 6.61 Å². The summed E-state index contributed by atoms with van der Waals surface area (Å²) in [5.41, 5.74) is 6.88. The molecule has 20 heavy (non-hydrogen) atoms. The molecule has 0 radical (unpaired) electrons. The van der Waals surface area contributed by atoms with Crippen molar-refractivity contribution in [3.8, 4) is 5.75 Å². The average Bonchev–Trinajstić information content (AvgIpc) is 3.24. The topological polar surface area (TPSA) is 64.3 Å². The summed E-state index contributed by atoms with van der Waals surface area (Å²) in [7, 11) is 0. The number of hydrogen-bond acceptors (Lipinski definition) is 3. The van der Waals surface area contributed by atoms with Gasteiger partial charge in [0.05, 0.1) is 0 Å². The Kier molecular flexibility index (Phi) is 4.65. The molecule has 1 aromatic rings. The van der Waals surface area contributed by atoms with E-state index in [9.17, 15) is 4.79 Å². The van der Waals surface area contributed by atoms with E-state index in [4.69, 9.17) is 10.5 Å². The summed E-state index contributed by atoms with van der Waals surface area (Å²) in [5.74, 6) is 1.24. The number of nitrogens with one attached hydrogen (secondary N) is 1. The van der Waals surface area contributed by atoms with Gasteiger partial charge in [0.25, 0.3) is 5.91 Å². The summed E-state index contributed by atoms with van der Waals surface area (Å²) in [6.45, 7) is 5.64. The number of para-hydroxylation sites is 1. The number of hydrogen-bond donors (Lipinski definition) is 2. The fourth-order valence-corrected chi connectivity index (χ4v) is 2.40. The van der Waals surface area contributed by atoms with Crippen LogP contribution in [-0.4, -0.2) is 19.1 Å². The molecular weight excluding hydrogens is 252 g/mol. The maximum absolute atomic E-state index is 11.8. The van der Waals surface area contributed by atoms with Crippen LogP contribution in [0.15, 0.2) is 24.3 Å². The summed E-state index contributed by atoms with van der Waals surface area (Å²) in [6.07, 6.45) is 2.42. The molecule has 1 amide bonds. The molecule has 4 heteroatoms. The van der Waals surface area contributed by atoms with Crippen LogP contribution < -0.4 is 15.8 Å². The first-order valence-corrected chi connectivity index (χ1v) is 7.25. The van der Waals surface area contributed by atoms with Crippen molar-refractivity contribution in [2.75, 3.05) is 13.2 Å². The van der Waals surface area contributed by atoms with Crippen LogP contribution in [0.2, 0.25) is 0 Å². The van der Waals surface area contributed by atoms with Crippen molar-refractivity contribution in [3.63, 3.8) is 0 Å². The van der Waals surface area contributed by atoms with Crippen molar-refractivity contribution in [1.82, 2.24) is 5.32 Å². The lowest BCUT2D eigenvalue weighted by Gasteiger charge is -2.20. The first kappa shape index (κ1) is 14.9. The Hall–Kier alpha value is -1.55. The molecule has 1 aromatic carbocycles. The zero-order valence-corrected chi connectivity index (χ0v) is 12.3. The standard InChI is InChI=1S/C16H24N2O2/c1-12(2)16(7-8-16)11-18-15(19)10-20-14-6-4-3-5-13(14)9-17/h3-6,12H,7-11,17H2,1-2H3,(H,18,19). The van der Waals surface area contributed by atoms with Gasteiger partial charge in [-0.15, -0.1) is 0 Å². The van der Waals surface area contributed by atoms with Crippen molar-refractivity contribution < 1.29 is 9.53 Å². The third-order valence-corrected chi connectivity index (χ3v) is 4.31. The van der Waals surface area contributed by atoms with Gasteiger partial charge in [-0.2, -0.15) is 0 Å². The molecule has 1 aliphatic rings. The highest BCUT2D eigenvalue weighted by Gasteiger charge is 2.45. The summed E-state index contributed by atoms with van der Waals surface area (Å²) < 4.78 is 5.54. The van der Waals surface area contributed by atoms with E-state index >= 15 is 0 Å². The molecule has 0 heterocycles. The van der Waals surface area contributed by atoms with Gasteiger partial charge in [0.1, 0.15) is 5.75 Å². The van der Waals surface area contributed by atoms with E-state index in [2.05, 4.69) is 19.2 Å². The van der Waals surface area contributed by atoms with E-state index < -0.39 is 0 Å². The zero-order chi connectivity index (χ0) is 14.6. The van der Waals surface area contributed by atoms with Gasteiger partial charge in [-0.25, -0.2) is 0 Å². The minimum absolute atomic E-state index is 0.0468. The summed E-state index contributed by atoms with van der Waals surface area (Å²) in [5, 5.41) is 2.98. The van der Waals surface area contributed by atoms with Crippen molar-refractivity contribution in [1.29, 1.82) is 0 Å². The van der Waals surface area contributed by atoms with Gasteiger partial charge in [-0.05, 0) is 30.2 Å². The summed E-state index contributed by atoms with van der Waals surface area (Å²) in [4.78, 5) is 11.8. The van der Waals surface area contributed by atoms with Crippen LogP contribution in [-0.2, 0) is 11.3 Å². The molecule has 1 aliphatic carbocycles.